The Hall–Kier alpha value is -1.70. The maximum Gasteiger partial charge on any atom is 0.338 e. The van der Waals surface area contributed by atoms with Crippen molar-refractivity contribution in [3.8, 4) is 0 Å². The van der Waals surface area contributed by atoms with Gasteiger partial charge in [0, 0.05) is 30.6 Å². The van der Waals surface area contributed by atoms with E-state index in [1.165, 1.54) is 105 Å². The van der Waals surface area contributed by atoms with Gasteiger partial charge in [-0.05, 0) is 146 Å². The van der Waals surface area contributed by atoms with Crippen LogP contribution in [0.5, 0.6) is 0 Å². The molecular weight excluding hydrogens is 801 g/mol. The molecule has 2 aromatic carbocycles. The van der Waals surface area contributed by atoms with Crippen molar-refractivity contribution in [2.24, 2.45) is 46.3 Å². The lowest BCUT2D eigenvalue weighted by molar-refractivity contribution is -0.0594. The van der Waals surface area contributed by atoms with Crippen molar-refractivity contribution in [1.29, 1.82) is 0 Å². The number of carbonyl (C=O) groups is 1. The molecule has 2 nitrogen and oxygen atoms in total. The van der Waals surface area contributed by atoms with Crippen LogP contribution in [0.1, 0.15) is 145 Å². The molecule has 6 rings (SSSR count). The minimum absolute atomic E-state index is 0.000523. The van der Waals surface area contributed by atoms with Gasteiger partial charge in [-0.15, -0.1) is 0 Å². The average molecular weight is 896 g/mol. The van der Waals surface area contributed by atoms with Gasteiger partial charge >= 0.3 is 5.97 Å². The predicted molar refractivity (Wildman–Crippen MR) is 278 cm³/mol. The quantitative estimate of drug-likeness (QED) is 0.0540. The molecule has 0 heterocycles. The Balaban J connectivity index is 0.908. The van der Waals surface area contributed by atoms with E-state index in [2.05, 4.69) is 123 Å². The molecule has 0 aromatic heterocycles. The number of hydrogen-bond acceptors (Lipinski definition) is 2. The molecule has 346 valence electrons. The number of esters is 1. The molecule has 0 saturated heterocycles. The molecule has 4 unspecified atom stereocenters. The molecule has 3 saturated carbocycles. The fourth-order valence-electron chi connectivity index (χ4n) is 13.5. The Morgan fingerprint density at radius 1 is 0.661 bits per heavy atom. The smallest absolute Gasteiger partial charge is 0.338 e. The highest BCUT2D eigenvalue weighted by Gasteiger charge is 2.59. The predicted octanol–water partition coefficient (Wildman–Crippen LogP) is 17.1. The van der Waals surface area contributed by atoms with Gasteiger partial charge in [-0.2, -0.15) is 0 Å². The number of carbonyl (C=O) groups excluding carboxylic acids is 1. The molecule has 4 aliphatic rings. The van der Waals surface area contributed by atoms with Crippen LogP contribution in [0.3, 0.4) is 0 Å². The van der Waals surface area contributed by atoms with Crippen LogP contribution in [-0.4, -0.2) is 36.3 Å². The lowest BCUT2D eigenvalue weighted by atomic mass is 9.47. The van der Waals surface area contributed by atoms with Gasteiger partial charge in [0.15, 0.2) is 0 Å². The summed E-state index contributed by atoms with van der Waals surface area (Å²) in [6.07, 6.45) is 22.8. The minimum atomic E-state index is -1.11. The first-order chi connectivity index (χ1) is 29.2. The third-order valence-corrected chi connectivity index (χ3v) is 27.3. The third-order valence-electron chi connectivity index (χ3n) is 18.0. The molecule has 3 fully saturated rings. The van der Waals surface area contributed by atoms with E-state index in [0.29, 0.717) is 11.0 Å². The Labute approximate surface area is 386 Å². The lowest BCUT2D eigenvalue weighted by Gasteiger charge is -2.58. The summed E-state index contributed by atoms with van der Waals surface area (Å²) in [5, 5.41) is 0. The summed E-state index contributed by atoms with van der Waals surface area (Å²) in [5.41, 5.74) is 7.27. The first-order valence-electron chi connectivity index (χ1n) is 26.2. The topological polar surface area (TPSA) is 26.3 Å². The molecule has 2 aromatic rings. The van der Waals surface area contributed by atoms with Crippen molar-refractivity contribution >= 4 is 30.2 Å². The van der Waals surface area contributed by atoms with Crippen LogP contribution in [0, 0.1) is 46.3 Å². The van der Waals surface area contributed by atoms with Crippen molar-refractivity contribution in [1.82, 2.24) is 0 Å². The summed E-state index contributed by atoms with van der Waals surface area (Å²) in [6, 6.07) is 25.3. The van der Waals surface area contributed by atoms with E-state index >= 15 is 0 Å². The van der Waals surface area contributed by atoms with Crippen molar-refractivity contribution in [3.05, 3.63) is 82.4 Å². The second-order valence-corrected chi connectivity index (χ2v) is 41.9. The number of rotatable bonds is 21. The molecule has 0 radical (unpaired) electrons. The molecular formula is C57H94O2Si3. The summed E-state index contributed by atoms with van der Waals surface area (Å²) >= 11 is 0. The van der Waals surface area contributed by atoms with Crippen LogP contribution in [0.25, 0.3) is 0 Å². The zero-order valence-electron chi connectivity index (χ0n) is 42.4. The van der Waals surface area contributed by atoms with Gasteiger partial charge in [0.05, 0.1) is 5.56 Å². The number of ether oxygens (including phenoxy) is 1. The molecule has 0 aliphatic heterocycles. The van der Waals surface area contributed by atoms with Gasteiger partial charge in [0.2, 0.25) is 0 Å². The van der Waals surface area contributed by atoms with Crippen LogP contribution in [0.15, 0.2) is 60.2 Å². The van der Waals surface area contributed by atoms with Crippen LogP contribution >= 0.6 is 0 Å². The van der Waals surface area contributed by atoms with Crippen molar-refractivity contribution in [3.63, 3.8) is 0 Å². The highest BCUT2D eigenvalue weighted by Crippen LogP contribution is 2.67. The van der Waals surface area contributed by atoms with Gasteiger partial charge in [-0.1, -0.05) is 184 Å². The highest BCUT2D eigenvalue weighted by molar-refractivity contribution is 6.84. The molecule has 0 bridgehead atoms. The van der Waals surface area contributed by atoms with E-state index in [9.17, 15) is 4.79 Å². The highest BCUT2D eigenvalue weighted by atomic mass is 28.3. The van der Waals surface area contributed by atoms with E-state index in [0.717, 1.165) is 67.6 Å². The second-order valence-electron chi connectivity index (χ2n) is 25.7. The first-order valence-corrected chi connectivity index (χ1v) is 36.8. The van der Waals surface area contributed by atoms with E-state index in [-0.39, 0.29) is 17.5 Å². The maximum absolute atomic E-state index is 13.5. The summed E-state index contributed by atoms with van der Waals surface area (Å²) in [4.78, 5) is 13.5. The molecule has 0 amide bonds. The maximum atomic E-state index is 13.5. The van der Waals surface area contributed by atoms with E-state index in [4.69, 9.17) is 4.74 Å². The zero-order chi connectivity index (χ0) is 44.9. The molecule has 62 heavy (non-hydrogen) atoms. The van der Waals surface area contributed by atoms with E-state index in [1.807, 2.05) is 12.1 Å². The fraction of sp³-hybridized carbons (Fsp3) is 0.737. The lowest BCUT2D eigenvalue weighted by Crippen LogP contribution is -2.51. The normalized spacial score (nSPS) is 28.2. The SMILES string of the molecule is CC(C)CCC[C@@H](C)[C@H]1CCC2C3CC=C4CC(OC(=O)c5ccc(CCc6ccc(CCCC[Si](C)(C)CC[Si](C)(C)CC[Si](C)(C)C)cc6)cc5)CC[C@]4(C)C3CC[C@@]21C. The van der Waals surface area contributed by atoms with Gasteiger partial charge in [-0.3, -0.25) is 0 Å². The van der Waals surface area contributed by atoms with Gasteiger partial charge in [0.25, 0.3) is 0 Å². The largest absolute Gasteiger partial charge is 0.458 e. The number of fused-ring (bicyclic) bond motifs is 5. The summed E-state index contributed by atoms with van der Waals surface area (Å²) in [6.45, 7) is 30.9. The fourth-order valence-corrected chi connectivity index (χ4v) is 26.3. The Kier molecular flexibility index (Phi) is 16.7. The first kappa shape index (κ1) is 49.7. The number of benzene rings is 2. The van der Waals surface area contributed by atoms with Crippen LogP contribution in [0.2, 0.25) is 76.0 Å². The van der Waals surface area contributed by atoms with Crippen LogP contribution in [-0.2, 0) is 24.0 Å². The minimum Gasteiger partial charge on any atom is -0.458 e. The van der Waals surface area contributed by atoms with Crippen LogP contribution < -0.4 is 0 Å². The number of hydrogen-bond donors (Lipinski definition) is 0. The summed E-state index contributed by atoms with van der Waals surface area (Å²) in [7, 11) is -3.07. The Morgan fingerprint density at radius 2 is 1.26 bits per heavy atom. The third kappa shape index (κ3) is 13.0. The molecule has 0 spiro atoms. The van der Waals surface area contributed by atoms with Crippen molar-refractivity contribution in [2.45, 2.75) is 220 Å². The van der Waals surface area contributed by atoms with Gasteiger partial charge < -0.3 is 4.74 Å². The Bertz CT molecular complexity index is 1770. The van der Waals surface area contributed by atoms with Crippen LogP contribution in [0.4, 0.5) is 0 Å². The number of unbranched alkanes of at least 4 members (excludes halogenated alkanes) is 1. The molecule has 5 heteroatoms. The van der Waals surface area contributed by atoms with Crippen molar-refractivity contribution in [2.75, 3.05) is 0 Å². The van der Waals surface area contributed by atoms with E-state index < -0.39 is 24.2 Å². The summed E-state index contributed by atoms with van der Waals surface area (Å²) in [5.74, 6) is 4.96. The summed E-state index contributed by atoms with van der Waals surface area (Å²) < 4.78 is 6.28. The molecule has 8 atom stereocenters. The monoisotopic (exact) mass is 895 g/mol. The Morgan fingerprint density at radius 3 is 1.89 bits per heavy atom. The van der Waals surface area contributed by atoms with E-state index in [1.54, 1.807) is 17.7 Å². The molecule has 0 N–H and O–H groups in total. The molecule has 4 aliphatic carbocycles. The van der Waals surface area contributed by atoms with Crippen molar-refractivity contribution < 1.29 is 9.53 Å². The standard InChI is InChI=1S/C57H94O2Si3/c1-43(2)16-15-17-44(3)52-31-32-53-51-30-29-49-42-50(33-35-56(49,4)54(51)34-36-57(52,53)5)59-55(58)48-27-25-47(26-28-48)24-23-46-21-19-45(20-22-46)18-13-14-37-61(9,10)40-41-62(11,12)39-38-60(6,7)8/h19-22,25-29,43-44,50-54H,13-18,23-24,30-42H2,1-12H3/t44-,50?,51?,52-,53?,54?,56+,57-/m1/s1. The second kappa shape index (κ2) is 20.9. The average Bonchev–Trinajstić information content (AvgIpc) is 3.58. The zero-order valence-corrected chi connectivity index (χ0v) is 45.4. The number of aryl methyl sites for hydroxylation is 3. The van der Waals surface area contributed by atoms with Gasteiger partial charge in [-0.25, -0.2) is 4.79 Å². The van der Waals surface area contributed by atoms with Gasteiger partial charge in [0.1, 0.15) is 6.10 Å². The number of allylic oxidation sites excluding steroid dienone is 1.